The van der Waals surface area contributed by atoms with Crippen LogP contribution in [-0.2, 0) is 0 Å². The molecule has 3 rings (SSSR count). The zero-order valence-corrected chi connectivity index (χ0v) is 11.2. The molecule has 0 radical (unpaired) electrons. The Morgan fingerprint density at radius 2 is 2.05 bits per heavy atom. The van der Waals surface area contributed by atoms with Gasteiger partial charge < -0.3 is 10.1 Å². The number of aromatic nitrogens is 1. The molecule has 92 valence electrons. The average molecular weight is 315 g/mol. The summed E-state index contributed by atoms with van der Waals surface area (Å²) in [6.45, 7) is 0. The van der Waals surface area contributed by atoms with E-state index in [1.807, 2.05) is 6.07 Å². The van der Waals surface area contributed by atoms with Crippen molar-refractivity contribution in [2.45, 2.75) is 0 Å². The SMILES string of the molecule is N#Cc1cc(Br)cc2[nH]c3cc(C(=O)O)ccc3c12. The average Bonchev–Trinajstić information content (AvgIpc) is 2.74. The molecule has 0 saturated carbocycles. The van der Waals surface area contributed by atoms with E-state index in [9.17, 15) is 10.1 Å². The highest BCUT2D eigenvalue weighted by molar-refractivity contribution is 9.10. The number of carboxylic acids is 1. The molecule has 2 aromatic carbocycles. The minimum atomic E-state index is -0.970. The molecule has 0 aliphatic rings. The largest absolute Gasteiger partial charge is 0.478 e. The van der Waals surface area contributed by atoms with Crippen molar-refractivity contribution in [1.82, 2.24) is 4.98 Å². The summed E-state index contributed by atoms with van der Waals surface area (Å²) in [6.07, 6.45) is 0. The number of benzene rings is 2. The minimum absolute atomic E-state index is 0.219. The Hall–Kier alpha value is -2.32. The maximum absolute atomic E-state index is 11.0. The lowest BCUT2D eigenvalue weighted by Gasteiger charge is -1.97. The van der Waals surface area contributed by atoms with E-state index >= 15 is 0 Å². The molecule has 0 bridgehead atoms. The number of carbonyl (C=O) groups is 1. The van der Waals surface area contributed by atoms with Crippen molar-refractivity contribution in [3.05, 3.63) is 45.9 Å². The fourth-order valence-electron chi connectivity index (χ4n) is 2.23. The van der Waals surface area contributed by atoms with E-state index in [2.05, 4.69) is 27.0 Å². The van der Waals surface area contributed by atoms with Gasteiger partial charge in [-0.2, -0.15) is 5.26 Å². The maximum Gasteiger partial charge on any atom is 0.335 e. The Bertz CT molecular complexity index is 874. The summed E-state index contributed by atoms with van der Waals surface area (Å²) in [5, 5.41) is 19.9. The summed E-state index contributed by atoms with van der Waals surface area (Å²) in [6, 6.07) is 10.6. The summed E-state index contributed by atoms with van der Waals surface area (Å²) in [5.74, 6) is -0.970. The van der Waals surface area contributed by atoms with Gasteiger partial charge in [0.25, 0.3) is 0 Å². The third kappa shape index (κ3) is 1.77. The number of nitrogens with zero attached hydrogens (tertiary/aromatic N) is 1. The first-order valence-corrected chi connectivity index (χ1v) is 6.28. The van der Waals surface area contributed by atoms with Crippen LogP contribution in [0.1, 0.15) is 15.9 Å². The number of nitriles is 1. The Balaban J connectivity index is 2.46. The molecule has 0 saturated heterocycles. The molecule has 0 fully saturated rings. The fourth-order valence-corrected chi connectivity index (χ4v) is 2.69. The lowest BCUT2D eigenvalue weighted by molar-refractivity contribution is 0.0697. The van der Waals surface area contributed by atoms with Gasteiger partial charge in [0.2, 0.25) is 0 Å². The highest BCUT2D eigenvalue weighted by Gasteiger charge is 2.12. The highest BCUT2D eigenvalue weighted by Crippen LogP contribution is 2.31. The number of halogens is 1. The second-order valence-corrected chi connectivity index (χ2v) is 5.09. The number of aromatic carboxylic acids is 1. The van der Waals surface area contributed by atoms with Gasteiger partial charge in [0.1, 0.15) is 0 Å². The van der Waals surface area contributed by atoms with Crippen molar-refractivity contribution >= 4 is 43.7 Å². The predicted molar refractivity (Wildman–Crippen MR) is 75.2 cm³/mol. The van der Waals surface area contributed by atoms with Crippen molar-refractivity contribution < 1.29 is 9.90 Å². The van der Waals surface area contributed by atoms with Crippen LogP contribution in [0.5, 0.6) is 0 Å². The second kappa shape index (κ2) is 4.11. The van der Waals surface area contributed by atoms with Gasteiger partial charge in [-0.05, 0) is 24.3 Å². The summed E-state index contributed by atoms with van der Waals surface area (Å²) < 4.78 is 0.807. The van der Waals surface area contributed by atoms with Crippen LogP contribution < -0.4 is 0 Å². The fraction of sp³-hybridized carbons (Fsp3) is 0. The number of rotatable bonds is 1. The van der Waals surface area contributed by atoms with Crippen LogP contribution in [0.3, 0.4) is 0 Å². The van der Waals surface area contributed by atoms with E-state index < -0.39 is 5.97 Å². The number of hydrogen-bond donors (Lipinski definition) is 2. The van der Waals surface area contributed by atoms with Gasteiger partial charge in [0, 0.05) is 26.3 Å². The molecule has 0 aliphatic heterocycles. The molecular formula is C14H7BrN2O2. The Labute approximate surface area is 116 Å². The topological polar surface area (TPSA) is 76.9 Å². The zero-order valence-electron chi connectivity index (χ0n) is 9.57. The van der Waals surface area contributed by atoms with Crippen LogP contribution in [0, 0.1) is 11.3 Å². The predicted octanol–water partition coefficient (Wildman–Crippen LogP) is 3.65. The highest BCUT2D eigenvalue weighted by atomic mass is 79.9. The molecular weight excluding hydrogens is 308 g/mol. The molecule has 1 heterocycles. The third-order valence-corrected chi connectivity index (χ3v) is 3.49. The zero-order chi connectivity index (χ0) is 13.6. The van der Waals surface area contributed by atoms with Crippen LogP contribution in [-0.4, -0.2) is 16.1 Å². The maximum atomic E-state index is 11.0. The summed E-state index contributed by atoms with van der Waals surface area (Å²) >= 11 is 3.35. The van der Waals surface area contributed by atoms with E-state index in [0.717, 1.165) is 20.8 Å². The van der Waals surface area contributed by atoms with Crippen molar-refractivity contribution in [2.24, 2.45) is 0 Å². The van der Waals surface area contributed by atoms with Gasteiger partial charge in [-0.3, -0.25) is 0 Å². The molecule has 0 amide bonds. The smallest absolute Gasteiger partial charge is 0.335 e. The first-order chi connectivity index (χ1) is 9.10. The number of H-pyrrole nitrogens is 1. The van der Waals surface area contributed by atoms with Gasteiger partial charge in [-0.15, -0.1) is 0 Å². The van der Waals surface area contributed by atoms with E-state index in [1.54, 1.807) is 24.3 Å². The summed E-state index contributed by atoms with van der Waals surface area (Å²) in [5.41, 5.74) is 2.29. The van der Waals surface area contributed by atoms with Gasteiger partial charge in [0.05, 0.1) is 17.2 Å². The standard InChI is InChI=1S/C14H7BrN2O2/c15-9-3-8(6-16)13-10-2-1-7(14(18)19)4-11(10)17-12(13)5-9/h1-5,17H,(H,18,19). The minimum Gasteiger partial charge on any atom is -0.478 e. The van der Waals surface area contributed by atoms with Crippen molar-refractivity contribution in [2.75, 3.05) is 0 Å². The Morgan fingerprint density at radius 1 is 1.26 bits per heavy atom. The number of carboxylic acid groups (broad SMARTS) is 1. The molecule has 1 aromatic heterocycles. The molecule has 5 heteroatoms. The van der Waals surface area contributed by atoms with Crippen LogP contribution in [0.15, 0.2) is 34.8 Å². The first kappa shape index (κ1) is 11.8. The molecule has 0 atom stereocenters. The van der Waals surface area contributed by atoms with Crippen molar-refractivity contribution in [3.8, 4) is 6.07 Å². The third-order valence-electron chi connectivity index (χ3n) is 3.03. The van der Waals surface area contributed by atoms with E-state index in [4.69, 9.17) is 5.11 Å². The number of fused-ring (bicyclic) bond motifs is 3. The summed E-state index contributed by atoms with van der Waals surface area (Å²) in [7, 11) is 0. The normalized spacial score (nSPS) is 10.7. The van der Waals surface area contributed by atoms with Gasteiger partial charge >= 0.3 is 5.97 Å². The van der Waals surface area contributed by atoms with Gasteiger partial charge in [-0.1, -0.05) is 22.0 Å². The molecule has 0 spiro atoms. The van der Waals surface area contributed by atoms with Crippen LogP contribution >= 0.6 is 15.9 Å². The van der Waals surface area contributed by atoms with Crippen molar-refractivity contribution in [1.29, 1.82) is 5.26 Å². The van der Waals surface area contributed by atoms with Gasteiger partial charge in [-0.25, -0.2) is 4.79 Å². The molecule has 0 aliphatic carbocycles. The van der Waals surface area contributed by atoms with E-state index in [-0.39, 0.29) is 5.56 Å². The number of nitrogens with one attached hydrogen (secondary N) is 1. The molecule has 0 unspecified atom stereocenters. The Morgan fingerprint density at radius 3 is 2.74 bits per heavy atom. The van der Waals surface area contributed by atoms with Gasteiger partial charge in [0.15, 0.2) is 0 Å². The van der Waals surface area contributed by atoms with E-state index in [0.29, 0.717) is 11.1 Å². The lowest BCUT2D eigenvalue weighted by Crippen LogP contribution is -1.94. The summed E-state index contributed by atoms with van der Waals surface area (Å²) in [4.78, 5) is 14.1. The number of aromatic amines is 1. The van der Waals surface area contributed by atoms with Crippen LogP contribution in [0.2, 0.25) is 0 Å². The molecule has 2 N–H and O–H groups in total. The Kier molecular flexibility index (Phi) is 2.54. The lowest BCUT2D eigenvalue weighted by atomic mass is 10.1. The number of hydrogen-bond acceptors (Lipinski definition) is 2. The first-order valence-electron chi connectivity index (χ1n) is 5.48. The van der Waals surface area contributed by atoms with E-state index in [1.165, 1.54) is 0 Å². The van der Waals surface area contributed by atoms with Crippen LogP contribution in [0.4, 0.5) is 0 Å². The molecule has 3 aromatic rings. The second-order valence-electron chi connectivity index (χ2n) is 4.18. The monoisotopic (exact) mass is 314 g/mol. The van der Waals surface area contributed by atoms with Crippen LogP contribution in [0.25, 0.3) is 21.8 Å². The molecule has 19 heavy (non-hydrogen) atoms. The quantitative estimate of drug-likeness (QED) is 0.719. The van der Waals surface area contributed by atoms with Crippen molar-refractivity contribution in [3.63, 3.8) is 0 Å². The molecule has 4 nitrogen and oxygen atoms in total.